The number of unbranched alkanes of at least 4 members (excludes halogenated alkanes) is 1. The van der Waals surface area contributed by atoms with Gasteiger partial charge in [0.1, 0.15) is 0 Å². The van der Waals surface area contributed by atoms with Crippen LogP contribution < -0.4 is 0 Å². The van der Waals surface area contributed by atoms with Gasteiger partial charge in [-0.05, 0) is 64.7 Å². The molecule has 0 amide bonds. The lowest BCUT2D eigenvalue weighted by Crippen LogP contribution is -2.40. The van der Waals surface area contributed by atoms with E-state index in [1.165, 1.54) is 51.9 Å². The second-order valence-electron chi connectivity index (χ2n) is 6.81. The first-order valence-electron chi connectivity index (χ1n) is 8.90. The van der Waals surface area contributed by atoms with E-state index in [-0.39, 0.29) is 5.92 Å². The summed E-state index contributed by atoms with van der Waals surface area (Å²) >= 11 is 0. The van der Waals surface area contributed by atoms with Crippen molar-refractivity contribution in [1.29, 1.82) is 0 Å². The van der Waals surface area contributed by atoms with Crippen LogP contribution in [0.3, 0.4) is 0 Å². The molecule has 0 aromatic rings. The van der Waals surface area contributed by atoms with Crippen molar-refractivity contribution >= 4 is 5.97 Å². The van der Waals surface area contributed by atoms with Crippen LogP contribution in [0.25, 0.3) is 0 Å². The molecule has 1 unspecified atom stereocenters. The van der Waals surface area contributed by atoms with Gasteiger partial charge in [0.15, 0.2) is 0 Å². The molecular formula is C17H32N2O2. The first kappa shape index (κ1) is 16.8. The van der Waals surface area contributed by atoms with Gasteiger partial charge in [0, 0.05) is 12.6 Å². The van der Waals surface area contributed by atoms with E-state index < -0.39 is 5.97 Å². The summed E-state index contributed by atoms with van der Waals surface area (Å²) in [6, 6.07) is 0.670. The minimum atomic E-state index is -0.598. The van der Waals surface area contributed by atoms with Crippen LogP contribution in [0, 0.1) is 5.92 Å². The number of hydrogen-bond donors (Lipinski definition) is 1. The first-order valence-corrected chi connectivity index (χ1v) is 8.90. The third-order valence-electron chi connectivity index (χ3n) is 5.19. The van der Waals surface area contributed by atoms with Crippen molar-refractivity contribution in [2.75, 3.05) is 32.7 Å². The molecule has 4 heteroatoms. The van der Waals surface area contributed by atoms with Gasteiger partial charge < -0.3 is 10.0 Å². The fraction of sp³-hybridized carbons (Fsp3) is 0.941. The molecule has 0 spiro atoms. The molecule has 2 rings (SSSR count). The van der Waals surface area contributed by atoms with E-state index >= 15 is 0 Å². The number of likely N-dealkylation sites (tertiary alicyclic amines) is 2. The number of carboxylic acids is 1. The summed E-state index contributed by atoms with van der Waals surface area (Å²) < 4.78 is 0. The Kier molecular flexibility index (Phi) is 6.97. The number of carboxylic acid groups (broad SMARTS) is 1. The van der Waals surface area contributed by atoms with Gasteiger partial charge in [-0.25, -0.2) is 0 Å². The average Bonchev–Trinajstić information content (AvgIpc) is 3.11. The van der Waals surface area contributed by atoms with Crippen LogP contribution in [-0.4, -0.2) is 59.6 Å². The second-order valence-corrected chi connectivity index (χ2v) is 6.81. The lowest BCUT2D eigenvalue weighted by atomic mass is 9.98. The minimum absolute atomic E-state index is 0.141. The highest BCUT2D eigenvalue weighted by Crippen LogP contribution is 2.22. The van der Waals surface area contributed by atoms with Crippen LogP contribution >= 0.6 is 0 Å². The third kappa shape index (κ3) is 5.26. The zero-order chi connectivity index (χ0) is 15.1. The number of rotatable bonds is 9. The van der Waals surface area contributed by atoms with Gasteiger partial charge >= 0.3 is 5.97 Å². The molecule has 2 saturated heterocycles. The highest BCUT2D eigenvalue weighted by Gasteiger charge is 2.28. The summed E-state index contributed by atoms with van der Waals surface area (Å²) in [5.74, 6) is -0.739. The van der Waals surface area contributed by atoms with Crippen molar-refractivity contribution < 1.29 is 9.90 Å². The fourth-order valence-corrected chi connectivity index (χ4v) is 3.82. The zero-order valence-electron chi connectivity index (χ0n) is 13.6. The molecule has 0 radical (unpaired) electrons. The van der Waals surface area contributed by atoms with Gasteiger partial charge in [-0.15, -0.1) is 0 Å². The predicted molar refractivity (Wildman–Crippen MR) is 85.5 cm³/mol. The molecule has 2 aliphatic heterocycles. The molecular weight excluding hydrogens is 264 g/mol. The van der Waals surface area contributed by atoms with E-state index in [9.17, 15) is 9.90 Å². The summed E-state index contributed by atoms with van der Waals surface area (Å²) in [6.07, 6.45) is 9.08. The molecule has 0 aromatic carbocycles. The van der Waals surface area contributed by atoms with Crippen molar-refractivity contribution in [1.82, 2.24) is 9.80 Å². The van der Waals surface area contributed by atoms with Crippen LogP contribution in [0.15, 0.2) is 0 Å². The molecule has 0 saturated carbocycles. The Balaban J connectivity index is 1.75. The standard InChI is InChI=1S/C17H32N2O2/c1-2-3-7-15(17(20)21)9-13-19-12-6-8-16(19)14-18-10-4-5-11-18/h15-16H,2-14H2,1H3,(H,20,21)/t15?,16-/m0/s1. The molecule has 122 valence electrons. The smallest absolute Gasteiger partial charge is 0.306 e. The lowest BCUT2D eigenvalue weighted by Gasteiger charge is -2.29. The zero-order valence-corrected chi connectivity index (χ0v) is 13.6. The Labute approximate surface area is 129 Å². The normalized spacial score (nSPS) is 25.5. The van der Waals surface area contributed by atoms with Crippen LogP contribution in [0.4, 0.5) is 0 Å². The summed E-state index contributed by atoms with van der Waals surface area (Å²) in [5, 5.41) is 9.34. The summed E-state index contributed by atoms with van der Waals surface area (Å²) in [4.78, 5) is 16.5. The maximum absolute atomic E-state index is 11.3. The summed E-state index contributed by atoms with van der Waals surface area (Å²) in [6.45, 7) is 7.99. The molecule has 21 heavy (non-hydrogen) atoms. The SMILES string of the molecule is CCCCC(CCN1CCC[C@H]1CN1CCCC1)C(=O)O. The molecule has 2 aliphatic rings. The Morgan fingerprint density at radius 1 is 1.19 bits per heavy atom. The largest absolute Gasteiger partial charge is 0.481 e. The van der Waals surface area contributed by atoms with Crippen molar-refractivity contribution in [3.8, 4) is 0 Å². The Morgan fingerprint density at radius 3 is 2.62 bits per heavy atom. The molecule has 4 nitrogen and oxygen atoms in total. The predicted octanol–water partition coefficient (Wildman–Crippen LogP) is 2.83. The van der Waals surface area contributed by atoms with Crippen LogP contribution in [0.5, 0.6) is 0 Å². The minimum Gasteiger partial charge on any atom is -0.481 e. The maximum atomic E-state index is 11.3. The van der Waals surface area contributed by atoms with E-state index in [4.69, 9.17) is 0 Å². The van der Waals surface area contributed by atoms with Crippen LogP contribution in [0.1, 0.15) is 58.3 Å². The third-order valence-corrected chi connectivity index (χ3v) is 5.19. The molecule has 2 heterocycles. The Morgan fingerprint density at radius 2 is 1.95 bits per heavy atom. The molecule has 0 aromatic heterocycles. The molecule has 0 aliphatic carbocycles. The lowest BCUT2D eigenvalue weighted by molar-refractivity contribution is -0.142. The van der Waals surface area contributed by atoms with Gasteiger partial charge in [0.2, 0.25) is 0 Å². The van der Waals surface area contributed by atoms with Gasteiger partial charge in [0.05, 0.1) is 5.92 Å². The van der Waals surface area contributed by atoms with E-state index in [1.807, 2.05) is 0 Å². The molecule has 0 bridgehead atoms. The van der Waals surface area contributed by atoms with E-state index in [0.29, 0.717) is 6.04 Å². The summed E-state index contributed by atoms with van der Waals surface area (Å²) in [5.41, 5.74) is 0. The van der Waals surface area contributed by atoms with Gasteiger partial charge in [-0.3, -0.25) is 9.69 Å². The quantitative estimate of drug-likeness (QED) is 0.710. The molecule has 2 atom stereocenters. The topological polar surface area (TPSA) is 43.8 Å². The van der Waals surface area contributed by atoms with E-state index in [1.54, 1.807) is 0 Å². The van der Waals surface area contributed by atoms with Crippen molar-refractivity contribution in [2.24, 2.45) is 5.92 Å². The van der Waals surface area contributed by atoms with Gasteiger partial charge in [0.25, 0.3) is 0 Å². The van der Waals surface area contributed by atoms with Crippen molar-refractivity contribution in [2.45, 2.75) is 64.3 Å². The van der Waals surface area contributed by atoms with Gasteiger partial charge in [-0.1, -0.05) is 19.8 Å². The number of aliphatic carboxylic acids is 1. The average molecular weight is 296 g/mol. The van der Waals surface area contributed by atoms with Crippen LogP contribution in [0.2, 0.25) is 0 Å². The summed E-state index contributed by atoms with van der Waals surface area (Å²) in [7, 11) is 0. The Bertz CT molecular complexity index is 316. The van der Waals surface area contributed by atoms with Crippen molar-refractivity contribution in [3.63, 3.8) is 0 Å². The molecule has 1 N–H and O–H groups in total. The van der Waals surface area contributed by atoms with E-state index in [0.717, 1.165) is 32.2 Å². The van der Waals surface area contributed by atoms with Crippen LogP contribution in [-0.2, 0) is 4.79 Å². The van der Waals surface area contributed by atoms with Crippen molar-refractivity contribution in [3.05, 3.63) is 0 Å². The maximum Gasteiger partial charge on any atom is 0.306 e. The highest BCUT2D eigenvalue weighted by molar-refractivity contribution is 5.69. The van der Waals surface area contributed by atoms with Gasteiger partial charge in [-0.2, -0.15) is 0 Å². The Hall–Kier alpha value is -0.610. The number of carbonyl (C=O) groups is 1. The molecule has 2 fully saturated rings. The number of nitrogens with zero attached hydrogens (tertiary/aromatic N) is 2. The first-order chi connectivity index (χ1) is 10.2. The second kappa shape index (κ2) is 8.74. The van der Waals surface area contributed by atoms with E-state index in [2.05, 4.69) is 16.7 Å². The highest BCUT2D eigenvalue weighted by atomic mass is 16.4. The monoisotopic (exact) mass is 296 g/mol. The fourth-order valence-electron chi connectivity index (χ4n) is 3.82. The number of hydrogen-bond acceptors (Lipinski definition) is 3.